The number of hydrogen-bond donors (Lipinski definition) is 2. The predicted octanol–water partition coefficient (Wildman–Crippen LogP) is 1.74. The number of benzene rings is 1. The topological polar surface area (TPSA) is 78.6 Å². The van der Waals surface area contributed by atoms with Crippen LogP contribution in [0.1, 0.15) is 29.4 Å². The third kappa shape index (κ3) is 4.24. The zero-order valence-electron chi connectivity index (χ0n) is 15.0. The molecule has 24 heavy (non-hydrogen) atoms. The maximum absolute atomic E-state index is 9.88. The van der Waals surface area contributed by atoms with Crippen molar-refractivity contribution in [1.29, 1.82) is 0 Å². The molecule has 0 aliphatic heterocycles. The average molecular weight is 330 g/mol. The highest BCUT2D eigenvalue weighted by molar-refractivity contribution is 5.79. The Morgan fingerprint density at radius 1 is 1.33 bits per heavy atom. The van der Waals surface area contributed by atoms with Crippen LogP contribution in [0.3, 0.4) is 0 Å². The van der Waals surface area contributed by atoms with Crippen LogP contribution in [0, 0.1) is 13.8 Å². The van der Waals surface area contributed by atoms with Crippen molar-refractivity contribution in [2.75, 3.05) is 13.6 Å². The van der Waals surface area contributed by atoms with E-state index in [9.17, 15) is 5.11 Å². The molecule has 0 atom stereocenters. The minimum Gasteiger partial charge on any atom is -0.507 e. The molecule has 0 aliphatic carbocycles. The van der Waals surface area contributed by atoms with E-state index < -0.39 is 0 Å². The Hall–Kier alpha value is -2.57. The third-order valence-electron chi connectivity index (χ3n) is 3.84. The molecule has 0 unspecified atom stereocenters. The molecule has 2 N–H and O–H groups in total. The van der Waals surface area contributed by atoms with E-state index in [1.165, 1.54) is 0 Å². The van der Waals surface area contributed by atoms with Crippen molar-refractivity contribution in [3.8, 4) is 5.75 Å². The highest BCUT2D eigenvalue weighted by Gasteiger charge is 2.10. The molecule has 0 bridgehead atoms. The van der Waals surface area contributed by atoms with Crippen molar-refractivity contribution < 1.29 is 5.11 Å². The zero-order chi connectivity index (χ0) is 17.7. The summed E-state index contributed by atoms with van der Waals surface area (Å²) in [6.45, 7) is 7.81. The first-order valence-electron chi connectivity index (χ1n) is 8.03. The van der Waals surface area contributed by atoms with Gasteiger partial charge < -0.3 is 15.3 Å². The SMILES string of the molecule is CCNC(=NCc1cc(C)c(O)c(C)c1)N(C)Cc1ncnn1C. The fourth-order valence-electron chi connectivity index (χ4n) is 2.52. The van der Waals surface area contributed by atoms with Crippen LogP contribution in [0.2, 0.25) is 0 Å². The van der Waals surface area contributed by atoms with Gasteiger partial charge >= 0.3 is 0 Å². The minimum absolute atomic E-state index is 0.356. The number of nitrogens with one attached hydrogen (secondary N) is 1. The lowest BCUT2D eigenvalue weighted by Crippen LogP contribution is -2.39. The number of phenols is 1. The number of aliphatic imine (C=N–C) groups is 1. The molecule has 0 saturated carbocycles. The van der Waals surface area contributed by atoms with Gasteiger partial charge in [0.15, 0.2) is 5.96 Å². The highest BCUT2D eigenvalue weighted by atomic mass is 16.3. The second kappa shape index (κ2) is 7.81. The molecular formula is C17H26N6O. The fraction of sp³-hybridized carbons (Fsp3) is 0.471. The molecule has 1 aromatic heterocycles. The lowest BCUT2D eigenvalue weighted by molar-refractivity contribution is 0.448. The second-order valence-corrected chi connectivity index (χ2v) is 5.90. The molecule has 2 rings (SSSR count). The maximum Gasteiger partial charge on any atom is 0.194 e. The van der Waals surface area contributed by atoms with Crippen LogP contribution in [-0.4, -0.2) is 44.3 Å². The first-order chi connectivity index (χ1) is 11.4. The summed E-state index contributed by atoms with van der Waals surface area (Å²) in [4.78, 5) is 11.0. The Morgan fingerprint density at radius 3 is 2.54 bits per heavy atom. The molecule has 0 spiro atoms. The number of guanidine groups is 1. The Balaban J connectivity index is 2.14. The summed E-state index contributed by atoms with van der Waals surface area (Å²) >= 11 is 0. The van der Waals surface area contributed by atoms with Gasteiger partial charge in [-0.25, -0.2) is 9.98 Å². The zero-order valence-corrected chi connectivity index (χ0v) is 15.0. The Morgan fingerprint density at radius 2 is 2.00 bits per heavy atom. The first-order valence-corrected chi connectivity index (χ1v) is 8.03. The van der Waals surface area contributed by atoms with E-state index in [1.54, 1.807) is 11.0 Å². The molecule has 0 amide bonds. The number of nitrogens with zero attached hydrogens (tertiary/aromatic N) is 5. The van der Waals surface area contributed by atoms with E-state index in [2.05, 4.69) is 15.4 Å². The molecule has 0 aliphatic rings. The van der Waals surface area contributed by atoms with E-state index in [-0.39, 0.29) is 0 Å². The predicted molar refractivity (Wildman–Crippen MR) is 94.9 cm³/mol. The van der Waals surface area contributed by atoms with Gasteiger partial charge in [-0.3, -0.25) is 4.68 Å². The van der Waals surface area contributed by atoms with Crippen molar-refractivity contribution in [1.82, 2.24) is 25.0 Å². The molecule has 0 radical (unpaired) electrons. The monoisotopic (exact) mass is 330 g/mol. The number of aromatic nitrogens is 3. The standard InChI is InChI=1S/C17H26N6O/c1-6-18-17(22(4)10-15-20-11-21-23(15)5)19-9-14-7-12(2)16(24)13(3)8-14/h7-8,11,24H,6,9-10H2,1-5H3,(H,18,19). The van der Waals surface area contributed by atoms with Gasteiger partial charge in [0.05, 0.1) is 13.1 Å². The smallest absolute Gasteiger partial charge is 0.194 e. The van der Waals surface area contributed by atoms with Gasteiger partial charge in [0, 0.05) is 20.6 Å². The van der Waals surface area contributed by atoms with Gasteiger partial charge in [0.25, 0.3) is 0 Å². The number of hydrogen-bond acceptors (Lipinski definition) is 4. The summed E-state index contributed by atoms with van der Waals surface area (Å²) in [5.74, 6) is 2.04. The third-order valence-corrected chi connectivity index (χ3v) is 3.84. The number of aromatic hydroxyl groups is 1. The molecule has 0 saturated heterocycles. The van der Waals surface area contributed by atoms with E-state index in [1.807, 2.05) is 51.9 Å². The summed E-state index contributed by atoms with van der Waals surface area (Å²) in [6, 6.07) is 3.94. The normalized spacial score (nSPS) is 11.6. The fourth-order valence-corrected chi connectivity index (χ4v) is 2.52. The van der Waals surface area contributed by atoms with Gasteiger partial charge in [-0.1, -0.05) is 12.1 Å². The summed E-state index contributed by atoms with van der Waals surface area (Å²) in [7, 11) is 3.85. The summed E-state index contributed by atoms with van der Waals surface area (Å²) in [5.41, 5.74) is 2.82. The van der Waals surface area contributed by atoms with Crippen LogP contribution in [-0.2, 0) is 20.1 Å². The highest BCUT2D eigenvalue weighted by Crippen LogP contribution is 2.23. The van der Waals surface area contributed by atoms with Crippen LogP contribution in [0.15, 0.2) is 23.5 Å². The summed E-state index contributed by atoms with van der Waals surface area (Å²) in [5, 5.41) is 17.3. The van der Waals surface area contributed by atoms with E-state index >= 15 is 0 Å². The molecular weight excluding hydrogens is 304 g/mol. The van der Waals surface area contributed by atoms with Gasteiger partial charge in [-0.2, -0.15) is 5.10 Å². The summed E-state index contributed by atoms with van der Waals surface area (Å²) in [6.07, 6.45) is 1.55. The number of aryl methyl sites for hydroxylation is 3. The Labute approximate surface area is 143 Å². The average Bonchev–Trinajstić information content (AvgIpc) is 2.93. The molecule has 2 aromatic rings. The molecule has 1 heterocycles. The van der Waals surface area contributed by atoms with E-state index in [4.69, 9.17) is 4.99 Å². The summed E-state index contributed by atoms with van der Waals surface area (Å²) < 4.78 is 1.76. The van der Waals surface area contributed by atoms with Gasteiger partial charge in [-0.05, 0) is 37.5 Å². The lowest BCUT2D eigenvalue weighted by atomic mass is 10.1. The van der Waals surface area contributed by atoms with Crippen molar-refractivity contribution in [3.63, 3.8) is 0 Å². The van der Waals surface area contributed by atoms with Gasteiger partial charge in [0.1, 0.15) is 17.9 Å². The molecule has 130 valence electrons. The lowest BCUT2D eigenvalue weighted by Gasteiger charge is -2.21. The van der Waals surface area contributed by atoms with E-state index in [0.717, 1.165) is 35.0 Å². The quantitative estimate of drug-likeness (QED) is 0.645. The van der Waals surface area contributed by atoms with Crippen LogP contribution in [0.4, 0.5) is 0 Å². The molecule has 0 fully saturated rings. The van der Waals surface area contributed by atoms with Crippen molar-refractivity contribution >= 4 is 5.96 Å². The van der Waals surface area contributed by atoms with Crippen molar-refractivity contribution in [3.05, 3.63) is 41.0 Å². The largest absolute Gasteiger partial charge is 0.507 e. The second-order valence-electron chi connectivity index (χ2n) is 5.90. The van der Waals surface area contributed by atoms with Gasteiger partial charge in [0.2, 0.25) is 0 Å². The molecule has 1 aromatic carbocycles. The Kier molecular flexibility index (Phi) is 5.78. The van der Waals surface area contributed by atoms with Crippen LogP contribution >= 0.6 is 0 Å². The minimum atomic E-state index is 0.356. The van der Waals surface area contributed by atoms with Crippen molar-refractivity contribution in [2.24, 2.45) is 12.0 Å². The van der Waals surface area contributed by atoms with Gasteiger partial charge in [-0.15, -0.1) is 0 Å². The first kappa shape index (κ1) is 17.8. The molecule has 7 heteroatoms. The number of rotatable bonds is 5. The van der Waals surface area contributed by atoms with E-state index in [0.29, 0.717) is 18.8 Å². The van der Waals surface area contributed by atoms with Crippen LogP contribution in [0.5, 0.6) is 5.75 Å². The number of phenolic OH excluding ortho intramolecular Hbond substituents is 1. The van der Waals surface area contributed by atoms with Crippen molar-refractivity contribution in [2.45, 2.75) is 33.9 Å². The van der Waals surface area contributed by atoms with Crippen LogP contribution < -0.4 is 5.32 Å². The van der Waals surface area contributed by atoms with Crippen LogP contribution in [0.25, 0.3) is 0 Å². The Bertz CT molecular complexity index is 699. The molecule has 7 nitrogen and oxygen atoms in total. The maximum atomic E-state index is 9.88.